The van der Waals surface area contributed by atoms with Crippen LogP contribution < -0.4 is 11.1 Å². The van der Waals surface area contributed by atoms with Crippen molar-refractivity contribution in [3.63, 3.8) is 0 Å². The molecule has 0 bridgehead atoms. The molecule has 3 rings (SSSR count). The minimum atomic E-state index is -3.23. The highest BCUT2D eigenvalue weighted by Crippen LogP contribution is 2.30. The lowest BCUT2D eigenvalue weighted by atomic mass is 9.99. The van der Waals surface area contributed by atoms with E-state index in [-0.39, 0.29) is 36.5 Å². The Labute approximate surface area is 166 Å². The molecule has 2 aliphatic rings. The van der Waals surface area contributed by atoms with E-state index in [1.54, 1.807) is 0 Å². The van der Waals surface area contributed by atoms with E-state index in [2.05, 4.69) is 22.4 Å². The number of anilines is 1. The van der Waals surface area contributed by atoms with Crippen LogP contribution in [0.25, 0.3) is 0 Å². The molecule has 1 aliphatic carbocycles. The number of nitrogens with one attached hydrogen (secondary N) is 1. The van der Waals surface area contributed by atoms with Gasteiger partial charge in [0.15, 0.2) is 15.8 Å². The summed E-state index contributed by atoms with van der Waals surface area (Å²) in [6.07, 6.45) is 5.62. The number of aryl methyl sites for hydroxylation is 2. The fourth-order valence-electron chi connectivity index (χ4n) is 3.46. The minimum absolute atomic E-state index is 0. The van der Waals surface area contributed by atoms with E-state index in [9.17, 15) is 8.42 Å². The second-order valence-electron chi connectivity index (χ2n) is 6.73. The third-order valence-electron chi connectivity index (χ3n) is 5.10. The summed E-state index contributed by atoms with van der Waals surface area (Å²) in [4.78, 5) is 4.32. The number of sulfone groups is 1. The van der Waals surface area contributed by atoms with Crippen molar-refractivity contribution >= 4 is 45.5 Å². The van der Waals surface area contributed by atoms with Crippen LogP contribution >= 0.6 is 24.0 Å². The Kier molecular flexibility index (Phi) is 6.72. The molecule has 1 saturated heterocycles. The van der Waals surface area contributed by atoms with Gasteiger partial charge in [-0.3, -0.25) is 4.99 Å². The number of fused-ring (bicyclic) bond motifs is 1. The van der Waals surface area contributed by atoms with E-state index in [0.717, 1.165) is 18.5 Å². The highest BCUT2D eigenvalue weighted by Gasteiger charge is 2.42. The lowest BCUT2D eigenvalue weighted by Gasteiger charge is -2.34. The Hall–Kier alpha value is -0.870. The maximum atomic E-state index is 12.2. The van der Waals surface area contributed by atoms with Crippen LogP contribution in [-0.4, -0.2) is 45.1 Å². The van der Waals surface area contributed by atoms with Crippen LogP contribution in [0.4, 0.5) is 5.69 Å². The number of guanidine groups is 1. The van der Waals surface area contributed by atoms with E-state index in [1.165, 1.54) is 23.8 Å². The van der Waals surface area contributed by atoms with E-state index in [4.69, 9.17) is 10.5 Å². The maximum absolute atomic E-state index is 12.2. The topological polar surface area (TPSA) is 93.8 Å². The van der Waals surface area contributed by atoms with Crippen LogP contribution in [0, 0.1) is 0 Å². The molecule has 3 N–H and O–H groups in total. The van der Waals surface area contributed by atoms with Gasteiger partial charge >= 0.3 is 0 Å². The Morgan fingerprint density at radius 1 is 1.28 bits per heavy atom. The number of nitrogens with zero attached hydrogens (tertiary/aromatic N) is 1. The van der Waals surface area contributed by atoms with Crippen LogP contribution in [0.2, 0.25) is 0 Å². The van der Waals surface area contributed by atoms with Crippen LogP contribution in [0.15, 0.2) is 23.2 Å². The second kappa shape index (κ2) is 8.22. The molecule has 1 aromatic carbocycles. The van der Waals surface area contributed by atoms with Crippen LogP contribution in [0.3, 0.4) is 0 Å². The Morgan fingerprint density at radius 3 is 2.64 bits per heavy atom. The van der Waals surface area contributed by atoms with Gasteiger partial charge in [-0.1, -0.05) is 6.07 Å². The van der Waals surface area contributed by atoms with E-state index in [0.29, 0.717) is 26.1 Å². The first-order valence-electron chi connectivity index (χ1n) is 8.36. The van der Waals surface area contributed by atoms with Crippen molar-refractivity contribution in [2.45, 2.75) is 36.9 Å². The molecule has 140 valence electrons. The number of hydrogen-bond acceptors (Lipinski definition) is 4. The number of halogens is 1. The van der Waals surface area contributed by atoms with Crippen LogP contribution in [-0.2, 0) is 27.4 Å². The molecule has 0 saturated carbocycles. The van der Waals surface area contributed by atoms with Gasteiger partial charge in [-0.05, 0) is 55.4 Å². The molecule has 0 atom stereocenters. The smallest absolute Gasteiger partial charge is 0.193 e. The predicted octanol–water partition coefficient (Wildman–Crippen LogP) is 2.11. The number of benzene rings is 1. The average Bonchev–Trinajstić information content (AvgIpc) is 3.00. The summed E-state index contributed by atoms with van der Waals surface area (Å²) >= 11 is 0. The number of rotatable bonds is 4. The molecule has 0 amide bonds. The summed E-state index contributed by atoms with van der Waals surface area (Å²) in [5.41, 5.74) is 9.63. The number of hydrogen-bond donors (Lipinski definition) is 2. The number of ether oxygens (including phenoxy) is 1. The highest BCUT2D eigenvalue weighted by atomic mass is 127. The second-order valence-corrected chi connectivity index (χ2v) is 9.14. The van der Waals surface area contributed by atoms with Gasteiger partial charge in [0, 0.05) is 25.2 Å². The first-order chi connectivity index (χ1) is 11.4. The van der Waals surface area contributed by atoms with Gasteiger partial charge in [0.25, 0.3) is 0 Å². The number of aliphatic imine (C=N–C) groups is 1. The quantitative estimate of drug-likeness (QED) is 0.392. The first kappa shape index (κ1) is 20.4. The van der Waals surface area contributed by atoms with Crippen molar-refractivity contribution in [1.82, 2.24) is 0 Å². The van der Waals surface area contributed by atoms with E-state index in [1.807, 2.05) is 6.07 Å². The van der Waals surface area contributed by atoms with E-state index < -0.39 is 14.6 Å². The van der Waals surface area contributed by atoms with Gasteiger partial charge in [-0.25, -0.2) is 8.42 Å². The largest absolute Gasteiger partial charge is 0.381 e. The average molecular weight is 479 g/mol. The summed E-state index contributed by atoms with van der Waals surface area (Å²) in [5.74, 6) is 0.252. The molecule has 1 aliphatic heterocycles. The monoisotopic (exact) mass is 479 g/mol. The van der Waals surface area contributed by atoms with Crippen molar-refractivity contribution in [3.05, 3.63) is 29.3 Å². The molecule has 0 unspecified atom stereocenters. The van der Waals surface area contributed by atoms with E-state index >= 15 is 0 Å². The first-order valence-corrected chi connectivity index (χ1v) is 10.2. The molecule has 1 aromatic rings. The van der Waals surface area contributed by atoms with Crippen molar-refractivity contribution in [3.8, 4) is 0 Å². The summed E-state index contributed by atoms with van der Waals surface area (Å²) in [7, 11) is -3.23. The molecule has 1 fully saturated rings. The molecule has 25 heavy (non-hydrogen) atoms. The molecule has 1 heterocycles. The van der Waals surface area contributed by atoms with Gasteiger partial charge in [0.2, 0.25) is 0 Å². The zero-order valence-electron chi connectivity index (χ0n) is 14.5. The van der Waals surface area contributed by atoms with Crippen molar-refractivity contribution in [2.75, 3.05) is 31.3 Å². The highest BCUT2D eigenvalue weighted by molar-refractivity contribution is 14.0. The van der Waals surface area contributed by atoms with Gasteiger partial charge in [-0.2, -0.15) is 0 Å². The summed E-state index contributed by atoms with van der Waals surface area (Å²) in [5, 5.41) is 3.08. The lowest BCUT2D eigenvalue weighted by Crippen LogP contribution is -2.46. The Morgan fingerprint density at radius 2 is 1.96 bits per heavy atom. The molecular weight excluding hydrogens is 453 g/mol. The maximum Gasteiger partial charge on any atom is 0.193 e. The van der Waals surface area contributed by atoms with Crippen molar-refractivity contribution in [2.24, 2.45) is 10.7 Å². The van der Waals surface area contributed by atoms with Crippen LogP contribution in [0.1, 0.15) is 30.4 Å². The third-order valence-corrected chi connectivity index (χ3v) is 7.21. The summed E-state index contributed by atoms with van der Waals surface area (Å²) < 4.78 is 28.9. The summed E-state index contributed by atoms with van der Waals surface area (Å²) in [6, 6.07) is 6.22. The van der Waals surface area contributed by atoms with Gasteiger partial charge < -0.3 is 15.8 Å². The van der Waals surface area contributed by atoms with Crippen molar-refractivity contribution in [1.29, 1.82) is 0 Å². The predicted molar refractivity (Wildman–Crippen MR) is 112 cm³/mol. The fourth-order valence-corrected chi connectivity index (χ4v) is 4.66. The number of nitrogens with two attached hydrogens (primary N) is 1. The molecule has 0 aromatic heterocycles. The summed E-state index contributed by atoms with van der Waals surface area (Å²) in [6.45, 7) is 1.06. The molecule has 0 spiro atoms. The Bertz CT molecular complexity index is 744. The van der Waals surface area contributed by atoms with Gasteiger partial charge in [0.1, 0.15) is 0 Å². The Balaban J connectivity index is 0.00000225. The zero-order chi connectivity index (χ0) is 17.2. The molecular formula is C17H26IN3O3S. The molecule has 6 nitrogen and oxygen atoms in total. The van der Waals surface area contributed by atoms with Crippen molar-refractivity contribution < 1.29 is 13.2 Å². The normalized spacial score (nSPS) is 19.8. The van der Waals surface area contributed by atoms with Gasteiger partial charge in [-0.15, -0.1) is 24.0 Å². The molecule has 0 radical (unpaired) electrons. The fraction of sp³-hybridized carbons (Fsp3) is 0.588. The minimum Gasteiger partial charge on any atom is -0.381 e. The third kappa shape index (κ3) is 4.65. The van der Waals surface area contributed by atoms with Crippen LogP contribution in [0.5, 0.6) is 0 Å². The zero-order valence-corrected chi connectivity index (χ0v) is 17.6. The molecule has 8 heteroatoms. The lowest BCUT2D eigenvalue weighted by molar-refractivity contribution is 0.0768. The van der Waals surface area contributed by atoms with Gasteiger partial charge in [0.05, 0.1) is 11.3 Å². The standard InChI is InChI=1S/C17H25N3O3S.HI/c1-24(21,22)17(7-9-23-10-8-17)12-19-16(18)20-15-6-5-13-3-2-4-14(13)11-15;/h5-6,11H,2-4,7-10,12H2,1H3,(H3,18,19,20);1H. The SMILES string of the molecule is CS(=O)(=O)C1(CN=C(N)Nc2ccc3c(c2)CCC3)CCOCC1.I.